The summed E-state index contributed by atoms with van der Waals surface area (Å²) in [5.74, 6) is 0. The lowest BCUT2D eigenvalue weighted by molar-refractivity contribution is -0.0335. The normalized spacial score (nSPS) is 23.9. The summed E-state index contributed by atoms with van der Waals surface area (Å²) in [6, 6.07) is 6.66. The lowest BCUT2D eigenvalue weighted by Crippen LogP contribution is -2.55. The molecule has 3 saturated heterocycles. The molecule has 43 heavy (non-hydrogen) atoms. The molecule has 4 aliphatic rings. The van der Waals surface area contributed by atoms with Gasteiger partial charge in [-0.2, -0.15) is 0 Å². The second-order valence-corrected chi connectivity index (χ2v) is 13.3. The van der Waals surface area contributed by atoms with Crippen molar-refractivity contribution in [2.45, 2.75) is 77.2 Å². The van der Waals surface area contributed by atoms with Crippen molar-refractivity contribution < 1.29 is 23.8 Å². The van der Waals surface area contributed by atoms with Crippen molar-refractivity contribution in [3.05, 3.63) is 52.8 Å². The summed E-state index contributed by atoms with van der Waals surface area (Å²) < 4.78 is 17.6. The van der Waals surface area contributed by atoms with E-state index in [0.29, 0.717) is 46.1 Å². The van der Waals surface area contributed by atoms with Crippen molar-refractivity contribution >= 4 is 23.2 Å². The number of aromatic nitrogens is 2. The lowest BCUT2D eigenvalue weighted by atomic mass is 9.87. The molecule has 3 atom stereocenters. The number of ether oxygens (including phenoxy) is 3. The topological polar surface area (TPSA) is 100 Å². The Labute approximate surface area is 252 Å². The standard InChI is InChI=1S/C33H41N5O5/c1-20-14-34-30-26(20)13-23(15-35-30)22-11-21-7-8-36(31(39)38-24-5-6-25(38)18-42-17-24)16-28(21)27(12-22)29-19-41-10-9-37(29)32(40)43-33(2,3)4/h11-15,24-25,29H,5-10,16-19H2,1-4H3,(H,34,35)/t24?,25?,29-/m0/s1. The molecule has 1 aromatic carbocycles. The van der Waals surface area contributed by atoms with Crippen LogP contribution in [0.1, 0.15) is 61.9 Å². The number of H-pyrrole nitrogens is 1. The Morgan fingerprint density at radius 3 is 2.58 bits per heavy atom. The number of pyridine rings is 1. The van der Waals surface area contributed by atoms with Crippen LogP contribution in [0.2, 0.25) is 0 Å². The number of amides is 3. The summed E-state index contributed by atoms with van der Waals surface area (Å²) in [6.45, 7) is 11.4. The van der Waals surface area contributed by atoms with Crippen LogP contribution in [0.4, 0.5) is 9.59 Å². The van der Waals surface area contributed by atoms with Gasteiger partial charge in [0.15, 0.2) is 0 Å². The highest BCUT2D eigenvalue weighted by Gasteiger charge is 2.43. The zero-order valence-electron chi connectivity index (χ0n) is 25.5. The van der Waals surface area contributed by atoms with Gasteiger partial charge in [-0.15, -0.1) is 0 Å². The van der Waals surface area contributed by atoms with E-state index < -0.39 is 5.60 Å². The maximum Gasteiger partial charge on any atom is 0.410 e. The van der Waals surface area contributed by atoms with Crippen molar-refractivity contribution in [2.24, 2.45) is 0 Å². The highest BCUT2D eigenvalue weighted by atomic mass is 16.6. The number of benzene rings is 1. The number of urea groups is 1. The molecule has 2 unspecified atom stereocenters. The summed E-state index contributed by atoms with van der Waals surface area (Å²) in [6.07, 6.45) is 6.27. The highest BCUT2D eigenvalue weighted by molar-refractivity contribution is 5.85. The van der Waals surface area contributed by atoms with Crippen LogP contribution < -0.4 is 0 Å². The fourth-order valence-corrected chi connectivity index (χ4v) is 7.12. The van der Waals surface area contributed by atoms with E-state index in [0.717, 1.165) is 58.1 Å². The third-order valence-corrected chi connectivity index (χ3v) is 9.30. The minimum atomic E-state index is -0.614. The predicted octanol–water partition coefficient (Wildman–Crippen LogP) is 5.19. The van der Waals surface area contributed by atoms with E-state index in [-0.39, 0.29) is 30.2 Å². The molecule has 10 heteroatoms. The van der Waals surface area contributed by atoms with Gasteiger partial charge in [0.05, 0.1) is 44.6 Å². The fourth-order valence-electron chi connectivity index (χ4n) is 7.12. The summed E-state index contributed by atoms with van der Waals surface area (Å²) in [7, 11) is 0. The Morgan fingerprint density at radius 1 is 1.02 bits per heavy atom. The van der Waals surface area contributed by atoms with Crippen molar-refractivity contribution in [1.29, 1.82) is 0 Å². The molecule has 0 radical (unpaired) electrons. The van der Waals surface area contributed by atoms with Crippen LogP contribution in [-0.4, -0.2) is 94.0 Å². The molecule has 10 nitrogen and oxygen atoms in total. The van der Waals surface area contributed by atoms with Crippen molar-refractivity contribution in [2.75, 3.05) is 39.5 Å². The first-order valence-corrected chi connectivity index (χ1v) is 15.5. The second kappa shape index (κ2) is 10.8. The molecule has 3 aromatic rings. The average molecular weight is 588 g/mol. The molecule has 2 aromatic heterocycles. The maximum atomic E-state index is 13.9. The smallest absolute Gasteiger partial charge is 0.410 e. The number of hydrogen-bond acceptors (Lipinski definition) is 6. The van der Waals surface area contributed by atoms with Crippen molar-refractivity contribution in [1.82, 2.24) is 24.7 Å². The van der Waals surface area contributed by atoms with E-state index in [2.05, 4.69) is 40.0 Å². The molecule has 0 spiro atoms. The van der Waals surface area contributed by atoms with Gasteiger partial charge in [-0.3, -0.25) is 4.90 Å². The quantitative estimate of drug-likeness (QED) is 0.443. The van der Waals surface area contributed by atoms with Gasteiger partial charge in [-0.1, -0.05) is 6.07 Å². The maximum absolute atomic E-state index is 13.9. The number of nitrogens with zero attached hydrogens (tertiary/aromatic N) is 4. The van der Waals surface area contributed by atoms with E-state index >= 15 is 0 Å². The molecule has 6 heterocycles. The summed E-state index contributed by atoms with van der Waals surface area (Å²) >= 11 is 0. The third kappa shape index (κ3) is 5.25. The van der Waals surface area contributed by atoms with Crippen LogP contribution >= 0.6 is 0 Å². The van der Waals surface area contributed by atoms with Crippen molar-refractivity contribution in [3.63, 3.8) is 0 Å². The minimum absolute atomic E-state index is 0.0953. The number of carbonyl (C=O) groups is 2. The van der Waals surface area contributed by atoms with Gasteiger partial charge in [-0.05, 0) is 86.9 Å². The first kappa shape index (κ1) is 28.2. The largest absolute Gasteiger partial charge is 0.444 e. The molecule has 228 valence electrons. The number of morpholine rings is 2. The minimum Gasteiger partial charge on any atom is -0.444 e. The zero-order valence-corrected chi connectivity index (χ0v) is 25.5. The lowest BCUT2D eigenvalue weighted by Gasteiger charge is -2.42. The van der Waals surface area contributed by atoms with Crippen LogP contribution in [0.5, 0.6) is 0 Å². The number of rotatable bonds is 2. The van der Waals surface area contributed by atoms with E-state index in [1.165, 1.54) is 5.56 Å². The monoisotopic (exact) mass is 587 g/mol. The summed E-state index contributed by atoms with van der Waals surface area (Å²) in [5.41, 5.74) is 6.76. The van der Waals surface area contributed by atoms with E-state index in [1.54, 1.807) is 4.90 Å². The molecule has 0 saturated carbocycles. The average Bonchev–Trinajstić information content (AvgIpc) is 3.49. The molecule has 0 aliphatic carbocycles. The van der Waals surface area contributed by atoms with Gasteiger partial charge >= 0.3 is 12.1 Å². The number of carbonyl (C=O) groups excluding carboxylic acids is 2. The van der Waals surface area contributed by atoms with Gasteiger partial charge in [0.1, 0.15) is 11.2 Å². The fraction of sp³-hybridized carbons (Fsp3) is 0.545. The Kier molecular flexibility index (Phi) is 7.09. The van der Waals surface area contributed by atoms with Gasteiger partial charge in [0.2, 0.25) is 0 Å². The SMILES string of the molecule is Cc1c[nH]c2ncc(-c3cc4c(c([C@@H]5COCCN5C(=O)OC(C)(C)C)c3)CN(C(=O)N3C5CCC3COC5)CC4)cc12. The molecule has 7 rings (SSSR count). The van der Waals surface area contributed by atoms with E-state index in [1.807, 2.05) is 38.1 Å². The Bertz CT molecular complexity index is 1540. The predicted molar refractivity (Wildman–Crippen MR) is 162 cm³/mol. The molecule has 3 fully saturated rings. The van der Waals surface area contributed by atoms with E-state index in [4.69, 9.17) is 14.2 Å². The van der Waals surface area contributed by atoms with Crippen LogP contribution in [0.3, 0.4) is 0 Å². The van der Waals surface area contributed by atoms with Crippen LogP contribution in [0, 0.1) is 6.92 Å². The Hall–Kier alpha value is -3.63. The highest BCUT2D eigenvalue weighted by Crippen LogP contribution is 2.38. The van der Waals surface area contributed by atoms with Gasteiger partial charge in [0.25, 0.3) is 0 Å². The molecular weight excluding hydrogens is 546 g/mol. The number of nitrogens with one attached hydrogen (secondary N) is 1. The number of hydrogen-bond donors (Lipinski definition) is 1. The molecular formula is C33H41N5O5. The number of fused-ring (bicyclic) bond motifs is 4. The van der Waals surface area contributed by atoms with Crippen molar-refractivity contribution in [3.8, 4) is 11.1 Å². The Balaban J connectivity index is 1.29. The Morgan fingerprint density at radius 2 is 1.81 bits per heavy atom. The number of aryl methyl sites for hydroxylation is 1. The first-order chi connectivity index (χ1) is 20.7. The van der Waals surface area contributed by atoms with Crippen LogP contribution in [0.15, 0.2) is 30.6 Å². The van der Waals surface area contributed by atoms with Crippen LogP contribution in [-0.2, 0) is 27.2 Å². The molecule has 1 N–H and O–H groups in total. The second-order valence-electron chi connectivity index (χ2n) is 13.3. The molecule has 4 aliphatic heterocycles. The first-order valence-electron chi connectivity index (χ1n) is 15.5. The molecule has 2 bridgehead atoms. The molecule has 3 amide bonds. The van der Waals surface area contributed by atoms with E-state index in [9.17, 15) is 9.59 Å². The number of aromatic amines is 1. The summed E-state index contributed by atoms with van der Waals surface area (Å²) in [5, 5.41) is 1.09. The van der Waals surface area contributed by atoms with Gasteiger partial charge < -0.3 is 29.0 Å². The van der Waals surface area contributed by atoms with Crippen LogP contribution in [0.25, 0.3) is 22.2 Å². The third-order valence-electron chi connectivity index (χ3n) is 9.30. The van der Waals surface area contributed by atoms with Gasteiger partial charge in [-0.25, -0.2) is 14.6 Å². The summed E-state index contributed by atoms with van der Waals surface area (Å²) in [4.78, 5) is 41.2. The van der Waals surface area contributed by atoms with Gasteiger partial charge in [0, 0.05) is 43.0 Å². The zero-order chi connectivity index (χ0) is 29.9.